The number of nitrogens with zero attached hydrogens (tertiary/aromatic N) is 4. The first kappa shape index (κ1) is 25.7. The van der Waals surface area contributed by atoms with Crippen molar-refractivity contribution in [3.63, 3.8) is 0 Å². The average molecular weight is 529 g/mol. The third-order valence-corrected chi connectivity index (χ3v) is 7.52. The molecule has 0 radical (unpaired) electrons. The number of carbonyl (C=O) groups excluding carboxylic acids is 3. The lowest BCUT2D eigenvalue weighted by Crippen LogP contribution is -2.77. The lowest BCUT2D eigenvalue weighted by molar-refractivity contribution is -0.256. The van der Waals surface area contributed by atoms with Gasteiger partial charge in [-0.15, -0.1) is 0 Å². The van der Waals surface area contributed by atoms with Crippen molar-refractivity contribution in [1.29, 1.82) is 0 Å². The standard InChI is InChI=1S/C24H32N8O6/c1-13-4-2-5-14(10-13)6-3-9-27-22(35)38-16-12-32-21(26)28-15(11-31-17(33)7-8-18(31)34)19-23(32,24(16,36)37)30-20(25)29-19/h2,4-5,10,15-16,19,36-37H,3,6-9,11-12H2,1H3,(H2,26,28)(H,27,35)(H3,25,29,30)/t15?,16?,19-,23-/m0/s1. The fraction of sp³-hybridized carbons (Fsp3) is 0.542. The topological polar surface area (TPSA) is 208 Å². The van der Waals surface area contributed by atoms with Gasteiger partial charge in [0.25, 0.3) is 0 Å². The van der Waals surface area contributed by atoms with Gasteiger partial charge >= 0.3 is 6.09 Å². The van der Waals surface area contributed by atoms with Crippen molar-refractivity contribution in [2.45, 2.75) is 62.2 Å². The Morgan fingerprint density at radius 2 is 1.97 bits per heavy atom. The van der Waals surface area contributed by atoms with Gasteiger partial charge in [0.2, 0.25) is 17.6 Å². The van der Waals surface area contributed by atoms with E-state index in [2.05, 4.69) is 26.7 Å². The number of rotatable bonds is 7. The van der Waals surface area contributed by atoms with Gasteiger partial charge in [-0.05, 0) is 25.3 Å². The fourth-order valence-electron chi connectivity index (χ4n) is 5.71. The molecule has 2 unspecified atom stereocenters. The van der Waals surface area contributed by atoms with Crippen molar-refractivity contribution in [2.75, 3.05) is 19.6 Å². The second-order valence-electron chi connectivity index (χ2n) is 10.1. The van der Waals surface area contributed by atoms with Crippen LogP contribution in [0.1, 0.15) is 30.4 Å². The molecule has 2 fully saturated rings. The maximum Gasteiger partial charge on any atom is 0.407 e. The summed E-state index contributed by atoms with van der Waals surface area (Å²) < 4.78 is 5.43. The van der Waals surface area contributed by atoms with E-state index in [1.54, 1.807) is 0 Å². The molecule has 204 valence electrons. The second-order valence-corrected chi connectivity index (χ2v) is 10.1. The van der Waals surface area contributed by atoms with E-state index in [0.717, 1.165) is 22.4 Å². The summed E-state index contributed by atoms with van der Waals surface area (Å²) in [5.41, 5.74) is 12.6. The molecule has 0 saturated carbocycles. The third-order valence-electron chi connectivity index (χ3n) is 7.52. The highest BCUT2D eigenvalue weighted by Gasteiger charge is 2.74. The first-order valence-electron chi connectivity index (χ1n) is 12.5. The predicted octanol–water partition coefficient (Wildman–Crippen LogP) is -2.15. The van der Waals surface area contributed by atoms with Crippen LogP contribution in [0.15, 0.2) is 34.3 Å². The van der Waals surface area contributed by atoms with Gasteiger partial charge < -0.3 is 42.0 Å². The molecule has 4 aliphatic heterocycles. The number of amides is 3. The van der Waals surface area contributed by atoms with Crippen LogP contribution in [0.2, 0.25) is 0 Å². The van der Waals surface area contributed by atoms with Crippen molar-refractivity contribution in [1.82, 2.24) is 20.4 Å². The number of nitrogens with two attached hydrogens (primary N) is 2. The Hall–Kier alpha value is -3.91. The number of aliphatic hydroxyl groups is 2. The summed E-state index contributed by atoms with van der Waals surface area (Å²) in [6, 6.07) is 6.13. The molecule has 14 heteroatoms. The molecule has 1 aromatic rings. The third kappa shape index (κ3) is 4.19. The summed E-state index contributed by atoms with van der Waals surface area (Å²) in [5.74, 6) is -3.62. The number of aliphatic imine (C=N–C) groups is 2. The Kier molecular flexibility index (Phi) is 6.39. The number of carbonyl (C=O) groups is 3. The van der Waals surface area contributed by atoms with Crippen molar-refractivity contribution < 1.29 is 29.3 Å². The number of imide groups is 1. The first-order chi connectivity index (χ1) is 18.0. The SMILES string of the molecule is Cc1cccc(CCCNC(=O)OC2CN3C(N)=NC(CN4C(=O)CCC4=O)[C@@H]4N=C(N)N[C@@]43C2(O)O)c1. The summed E-state index contributed by atoms with van der Waals surface area (Å²) in [6.07, 6.45) is -0.673. The molecule has 14 nitrogen and oxygen atoms in total. The molecule has 3 amide bonds. The average Bonchev–Trinajstić information content (AvgIpc) is 3.45. The summed E-state index contributed by atoms with van der Waals surface area (Å²) in [5, 5.41) is 28.2. The molecule has 4 atom stereocenters. The van der Waals surface area contributed by atoms with Crippen LogP contribution >= 0.6 is 0 Å². The summed E-state index contributed by atoms with van der Waals surface area (Å²) >= 11 is 0. The Morgan fingerprint density at radius 1 is 1.24 bits per heavy atom. The van der Waals surface area contributed by atoms with E-state index < -0.39 is 35.7 Å². The van der Waals surface area contributed by atoms with E-state index in [9.17, 15) is 24.6 Å². The van der Waals surface area contributed by atoms with Crippen molar-refractivity contribution >= 4 is 29.8 Å². The minimum absolute atomic E-state index is 0.0935. The van der Waals surface area contributed by atoms with E-state index in [1.807, 2.05) is 25.1 Å². The van der Waals surface area contributed by atoms with Gasteiger partial charge in [0.15, 0.2) is 23.7 Å². The minimum Gasteiger partial charge on any atom is -0.438 e. The molecule has 0 aromatic heterocycles. The smallest absolute Gasteiger partial charge is 0.407 e. The van der Waals surface area contributed by atoms with Crippen LogP contribution in [0.4, 0.5) is 4.79 Å². The number of alkyl carbamates (subject to hydrolysis) is 1. The predicted molar refractivity (Wildman–Crippen MR) is 134 cm³/mol. The monoisotopic (exact) mass is 528 g/mol. The Bertz CT molecular complexity index is 1200. The van der Waals surface area contributed by atoms with Crippen LogP contribution in [-0.2, 0) is 20.7 Å². The Labute approximate surface area is 218 Å². The van der Waals surface area contributed by atoms with Gasteiger partial charge in [-0.3, -0.25) is 14.5 Å². The van der Waals surface area contributed by atoms with E-state index in [-0.39, 0.29) is 49.7 Å². The molecule has 4 heterocycles. The fourth-order valence-corrected chi connectivity index (χ4v) is 5.71. The zero-order chi connectivity index (χ0) is 27.2. The highest BCUT2D eigenvalue weighted by Crippen LogP contribution is 2.45. The quantitative estimate of drug-likeness (QED) is 0.128. The van der Waals surface area contributed by atoms with Gasteiger partial charge in [0.1, 0.15) is 6.04 Å². The number of nitrogens with one attached hydrogen (secondary N) is 2. The van der Waals surface area contributed by atoms with Crippen molar-refractivity contribution in [3.05, 3.63) is 35.4 Å². The largest absolute Gasteiger partial charge is 0.438 e. The van der Waals surface area contributed by atoms with Crippen LogP contribution in [0, 0.1) is 6.92 Å². The number of aryl methyl sites for hydroxylation is 2. The molecule has 1 aromatic carbocycles. The number of hydrogen-bond acceptors (Lipinski definition) is 12. The molecule has 5 rings (SSSR count). The summed E-state index contributed by atoms with van der Waals surface area (Å²) in [7, 11) is 0. The minimum atomic E-state index is -2.71. The molecule has 8 N–H and O–H groups in total. The van der Waals surface area contributed by atoms with E-state index >= 15 is 0 Å². The number of benzene rings is 1. The zero-order valence-corrected chi connectivity index (χ0v) is 21.0. The molecule has 38 heavy (non-hydrogen) atoms. The zero-order valence-electron chi connectivity index (χ0n) is 21.0. The Morgan fingerprint density at radius 3 is 2.68 bits per heavy atom. The van der Waals surface area contributed by atoms with Crippen molar-refractivity contribution in [3.8, 4) is 0 Å². The molecule has 0 aliphatic carbocycles. The summed E-state index contributed by atoms with van der Waals surface area (Å²) in [6.45, 7) is 1.97. The molecule has 1 spiro atoms. The lowest BCUT2D eigenvalue weighted by atomic mass is 9.85. The molecular weight excluding hydrogens is 496 g/mol. The van der Waals surface area contributed by atoms with Crippen LogP contribution in [0.5, 0.6) is 0 Å². The Balaban J connectivity index is 1.27. The maximum atomic E-state index is 12.6. The van der Waals surface area contributed by atoms with Gasteiger partial charge in [-0.25, -0.2) is 14.8 Å². The first-order valence-corrected chi connectivity index (χ1v) is 12.5. The number of guanidine groups is 2. The van der Waals surface area contributed by atoms with Crippen molar-refractivity contribution in [2.24, 2.45) is 21.5 Å². The van der Waals surface area contributed by atoms with Crippen LogP contribution in [0.25, 0.3) is 0 Å². The van der Waals surface area contributed by atoms with Gasteiger partial charge in [0.05, 0.1) is 19.1 Å². The molecule has 0 bridgehead atoms. The maximum absolute atomic E-state index is 12.6. The molecule has 2 saturated heterocycles. The lowest BCUT2D eigenvalue weighted by Gasteiger charge is -2.48. The van der Waals surface area contributed by atoms with Gasteiger partial charge in [0, 0.05) is 19.4 Å². The van der Waals surface area contributed by atoms with Gasteiger partial charge in [-0.1, -0.05) is 29.8 Å². The normalized spacial score (nSPS) is 29.4. The molecular formula is C24H32N8O6. The second kappa shape index (κ2) is 9.44. The number of hydrogen-bond donors (Lipinski definition) is 6. The van der Waals surface area contributed by atoms with E-state index in [4.69, 9.17) is 16.2 Å². The van der Waals surface area contributed by atoms with Crippen LogP contribution in [-0.4, -0.2) is 99.1 Å². The highest BCUT2D eigenvalue weighted by molar-refractivity contribution is 6.02. The van der Waals surface area contributed by atoms with Crippen LogP contribution in [0.3, 0.4) is 0 Å². The van der Waals surface area contributed by atoms with E-state index in [0.29, 0.717) is 13.0 Å². The molecule has 4 aliphatic rings. The summed E-state index contributed by atoms with van der Waals surface area (Å²) in [4.78, 5) is 48.1. The number of likely N-dealkylation sites (tertiary alicyclic amines) is 1. The number of ether oxygens (including phenoxy) is 1. The van der Waals surface area contributed by atoms with Gasteiger partial charge in [-0.2, -0.15) is 0 Å². The van der Waals surface area contributed by atoms with E-state index in [1.165, 1.54) is 4.90 Å². The van der Waals surface area contributed by atoms with Crippen LogP contribution < -0.4 is 22.1 Å². The highest BCUT2D eigenvalue weighted by atomic mass is 16.6.